The summed E-state index contributed by atoms with van der Waals surface area (Å²) in [7, 11) is 1.50. The first-order valence-electron chi connectivity index (χ1n) is 7.76. The van der Waals surface area contributed by atoms with Crippen molar-refractivity contribution in [1.29, 1.82) is 5.26 Å². The van der Waals surface area contributed by atoms with Crippen molar-refractivity contribution in [1.82, 2.24) is 9.97 Å². The number of methoxy groups -OCH3 is 1. The van der Waals surface area contributed by atoms with Gasteiger partial charge in [0.2, 0.25) is 0 Å². The summed E-state index contributed by atoms with van der Waals surface area (Å²) >= 11 is 7.35. The molecule has 0 atom stereocenters. The smallest absolute Gasteiger partial charge is 0.344 e. The Morgan fingerprint density at radius 3 is 2.70 bits per heavy atom. The highest BCUT2D eigenvalue weighted by Gasteiger charge is 2.14. The van der Waals surface area contributed by atoms with Gasteiger partial charge in [-0.05, 0) is 13.2 Å². The first-order chi connectivity index (χ1) is 13.0. The number of carbonyl (C=O) groups is 1. The average molecular weight is 409 g/mol. The lowest BCUT2D eigenvalue weighted by molar-refractivity contribution is -0.145. The second-order valence-electron chi connectivity index (χ2n) is 4.95. The van der Waals surface area contributed by atoms with E-state index in [4.69, 9.17) is 25.8 Å². The fraction of sp³-hybridized carbons (Fsp3) is 0.294. The van der Waals surface area contributed by atoms with Crippen molar-refractivity contribution >= 4 is 40.8 Å². The molecule has 0 saturated carbocycles. The Hall–Kier alpha value is -2.70. The van der Waals surface area contributed by atoms with E-state index in [0.717, 1.165) is 0 Å². The van der Waals surface area contributed by atoms with Crippen LogP contribution in [0.15, 0.2) is 23.4 Å². The van der Waals surface area contributed by atoms with Crippen LogP contribution in [0.5, 0.6) is 11.5 Å². The molecule has 0 aliphatic rings. The van der Waals surface area contributed by atoms with Gasteiger partial charge in [0, 0.05) is 23.9 Å². The number of nitriles is 1. The number of benzene rings is 1. The van der Waals surface area contributed by atoms with Crippen LogP contribution in [0.25, 0.3) is 0 Å². The predicted octanol–water partition coefficient (Wildman–Crippen LogP) is 3.42. The topological polar surface area (TPSA) is 106 Å². The van der Waals surface area contributed by atoms with Crippen LogP contribution >= 0.6 is 23.4 Å². The van der Waals surface area contributed by atoms with Crippen molar-refractivity contribution in [3.8, 4) is 17.6 Å². The molecule has 0 amide bonds. The van der Waals surface area contributed by atoms with E-state index in [1.54, 1.807) is 31.4 Å². The minimum atomic E-state index is -0.478. The molecule has 0 radical (unpaired) electrons. The summed E-state index contributed by atoms with van der Waals surface area (Å²) in [6, 6.07) is 6.93. The summed E-state index contributed by atoms with van der Waals surface area (Å²) in [5.74, 6) is 0.650. The number of halogens is 1. The van der Waals surface area contributed by atoms with Gasteiger partial charge in [0.25, 0.3) is 0 Å². The van der Waals surface area contributed by atoms with Gasteiger partial charge in [-0.15, -0.1) is 0 Å². The van der Waals surface area contributed by atoms with E-state index >= 15 is 0 Å². The lowest BCUT2D eigenvalue weighted by Crippen LogP contribution is -2.14. The highest BCUT2D eigenvalue weighted by molar-refractivity contribution is 7.98. The van der Waals surface area contributed by atoms with Gasteiger partial charge < -0.3 is 19.5 Å². The number of rotatable bonds is 8. The van der Waals surface area contributed by atoms with Crippen LogP contribution in [0.1, 0.15) is 12.5 Å². The number of ether oxygens (including phenoxy) is 3. The summed E-state index contributed by atoms with van der Waals surface area (Å²) < 4.78 is 15.5. The van der Waals surface area contributed by atoms with Crippen LogP contribution in [-0.4, -0.2) is 42.5 Å². The molecule has 10 heteroatoms. The van der Waals surface area contributed by atoms with Crippen LogP contribution in [0.3, 0.4) is 0 Å². The molecule has 0 saturated heterocycles. The van der Waals surface area contributed by atoms with Gasteiger partial charge in [-0.3, -0.25) is 0 Å². The largest absolute Gasteiger partial charge is 0.497 e. The van der Waals surface area contributed by atoms with Crippen LogP contribution in [0.2, 0.25) is 5.15 Å². The lowest BCUT2D eigenvalue weighted by atomic mass is 10.2. The van der Waals surface area contributed by atoms with Crippen molar-refractivity contribution in [3.63, 3.8) is 0 Å². The molecule has 0 spiro atoms. The molecule has 1 aromatic carbocycles. The zero-order chi connectivity index (χ0) is 19.8. The number of thioether (sulfide) groups is 1. The predicted molar refractivity (Wildman–Crippen MR) is 102 cm³/mol. The van der Waals surface area contributed by atoms with E-state index in [1.165, 1.54) is 18.9 Å². The number of hydrogen-bond acceptors (Lipinski definition) is 9. The van der Waals surface area contributed by atoms with E-state index in [0.29, 0.717) is 22.3 Å². The van der Waals surface area contributed by atoms with Gasteiger partial charge in [0.05, 0.1) is 13.7 Å². The van der Waals surface area contributed by atoms with Crippen molar-refractivity contribution in [2.45, 2.75) is 12.1 Å². The maximum atomic E-state index is 11.5. The van der Waals surface area contributed by atoms with Gasteiger partial charge >= 0.3 is 5.97 Å². The number of nitrogens with zero attached hydrogens (tertiary/aromatic N) is 3. The Bertz CT molecular complexity index is 873. The molecule has 0 aliphatic heterocycles. The third-order valence-corrected chi connectivity index (χ3v) is 4.00. The van der Waals surface area contributed by atoms with E-state index < -0.39 is 5.97 Å². The Morgan fingerprint density at radius 1 is 1.33 bits per heavy atom. The van der Waals surface area contributed by atoms with Gasteiger partial charge in [-0.1, -0.05) is 23.4 Å². The summed E-state index contributed by atoms with van der Waals surface area (Å²) in [6.45, 7) is 1.75. The number of aromatic nitrogens is 2. The first kappa shape index (κ1) is 20.6. The number of nitrogens with one attached hydrogen (secondary N) is 1. The first-order valence-corrected chi connectivity index (χ1v) is 9.37. The molecule has 142 valence electrons. The second-order valence-corrected chi connectivity index (χ2v) is 6.08. The van der Waals surface area contributed by atoms with E-state index in [-0.39, 0.29) is 29.7 Å². The van der Waals surface area contributed by atoms with Gasteiger partial charge in [-0.2, -0.15) is 5.26 Å². The van der Waals surface area contributed by atoms with E-state index in [1.807, 2.05) is 6.07 Å². The van der Waals surface area contributed by atoms with E-state index in [9.17, 15) is 10.1 Å². The SMILES string of the molecule is CCOC(=O)COc1cc(Nc2nc(SC)nc(Cl)c2C#N)cc(OC)c1. The molecule has 2 aromatic rings. The van der Waals surface area contributed by atoms with Crippen molar-refractivity contribution < 1.29 is 19.0 Å². The highest BCUT2D eigenvalue weighted by atomic mass is 35.5. The highest BCUT2D eigenvalue weighted by Crippen LogP contribution is 2.31. The lowest BCUT2D eigenvalue weighted by Gasteiger charge is -2.13. The third-order valence-electron chi connectivity index (χ3n) is 3.18. The molecule has 0 fully saturated rings. The molecule has 1 N–H and O–H groups in total. The third kappa shape index (κ3) is 5.64. The Morgan fingerprint density at radius 2 is 2.07 bits per heavy atom. The molecular formula is C17H17ClN4O4S. The molecule has 8 nitrogen and oxygen atoms in total. The molecular weight excluding hydrogens is 392 g/mol. The van der Waals surface area contributed by atoms with Crippen molar-refractivity contribution in [3.05, 3.63) is 28.9 Å². The summed E-state index contributed by atoms with van der Waals surface area (Å²) in [6.07, 6.45) is 1.80. The number of anilines is 2. The average Bonchev–Trinajstić information content (AvgIpc) is 2.66. The molecule has 1 aromatic heterocycles. The van der Waals surface area contributed by atoms with E-state index in [2.05, 4.69) is 15.3 Å². The summed E-state index contributed by atoms with van der Waals surface area (Å²) in [4.78, 5) is 19.8. The Balaban J connectivity index is 2.31. The number of hydrogen-bond donors (Lipinski definition) is 1. The Kier molecular flexibility index (Phi) is 7.52. The fourth-order valence-corrected chi connectivity index (χ4v) is 2.65. The minimum Gasteiger partial charge on any atom is -0.497 e. The van der Waals surface area contributed by atoms with Crippen LogP contribution in [0, 0.1) is 11.3 Å². The van der Waals surface area contributed by atoms with Gasteiger partial charge in [-0.25, -0.2) is 14.8 Å². The normalized spacial score (nSPS) is 10.0. The maximum Gasteiger partial charge on any atom is 0.344 e. The molecule has 0 aliphatic carbocycles. The molecule has 0 bridgehead atoms. The molecule has 2 rings (SSSR count). The maximum absolute atomic E-state index is 11.5. The molecule has 0 unspecified atom stereocenters. The number of carbonyl (C=O) groups excluding carboxylic acids is 1. The monoisotopic (exact) mass is 408 g/mol. The standard InChI is InChI=1S/C17H17ClN4O4S/c1-4-25-14(23)9-26-12-6-10(5-11(7-12)24-2)20-16-13(8-19)15(18)21-17(22-16)27-3/h5-7H,4,9H2,1-3H3,(H,20,21,22). The Labute approximate surface area is 165 Å². The summed E-state index contributed by atoms with van der Waals surface area (Å²) in [5, 5.41) is 12.8. The van der Waals surface area contributed by atoms with Crippen LogP contribution in [-0.2, 0) is 9.53 Å². The zero-order valence-electron chi connectivity index (χ0n) is 14.9. The summed E-state index contributed by atoms with van der Waals surface area (Å²) in [5.41, 5.74) is 0.651. The molecule has 1 heterocycles. The van der Waals surface area contributed by atoms with Gasteiger partial charge in [0.15, 0.2) is 22.7 Å². The second kappa shape index (κ2) is 9.85. The van der Waals surface area contributed by atoms with Gasteiger partial charge in [0.1, 0.15) is 23.1 Å². The fourth-order valence-electron chi connectivity index (χ4n) is 2.02. The molecule has 27 heavy (non-hydrogen) atoms. The van der Waals surface area contributed by atoms with Crippen LogP contribution in [0.4, 0.5) is 11.5 Å². The van der Waals surface area contributed by atoms with Crippen molar-refractivity contribution in [2.24, 2.45) is 0 Å². The minimum absolute atomic E-state index is 0.0565. The zero-order valence-corrected chi connectivity index (χ0v) is 16.5. The van der Waals surface area contributed by atoms with Crippen molar-refractivity contribution in [2.75, 3.05) is 31.9 Å². The van der Waals surface area contributed by atoms with Crippen LogP contribution < -0.4 is 14.8 Å². The quantitative estimate of drug-likeness (QED) is 0.304. The number of esters is 1.